The number of hydrogen-bond donors (Lipinski definition) is 2. The zero-order chi connectivity index (χ0) is 14.8. The second kappa shape index (κ2) is 5.56. The highest BCUT2D eigenvalue weighted by Crippen LogP contribution is 2.31. The number of rotatable bonds is 3. The van der Waals surface area contributed by atoms with Crippen molar-refractivity contribution in [2.24, 2.45) is 0 Å². The Labute approximate surface area is 123 Å². The summed E-state index contributed by atoms with van der Waals surface area (Å²) in [6.07, 6.45) is 0. The van der Waals surface area contributed by atoms with Gasteiger partial charge in [0.25, 0.3) is 0 Å². The molecular formula is C17H17FN2O. The Morgan fingerprint density at radius 3 is 2.71 bits per heavy atom. The number of carbonyl (C=O) groups excluding carboxylic acids is 1. The van der Waals surface area contributed by atoms with Gasteiger partial charge in [-0.15, -0.1) is 0 Å². The van der Waals surface area contributed by atoms with E-state index < -0.39 is 0 Å². The highest BCUT2D eigenvalue weighted by atomic mass is 19.1. The van der Waals surface area contributed by atoms with E-state index in [0.717, 1.165) is 16.8 Å². The molecule has 1 aliphatic heterocycles. The largest absolute Gasteiger partial charge is 0.384 e. The molecular weight excluding hydrogens is 267 g/mol. The minimum absolute atomic E-state index is 0.00993. The number of amides is 1. The second-order valence-corrected chi connectivity index (χ2v) is 5.30. The lowest BCUT2D eigenvalue weighted by Crippen LogP contribution is -2.32. The molecule has 0 saturated carbocycles. The molecule has 4 heteroatoms. The van der Waals surface area contributed by atoms with Gasteiger partial charge in [-0.3, -0.25) is 4.79 Å². The zero-order valence-electron chi connectivity index (χ0n) is 11.8. The number of benzene rings is 2. The standard InChI is InChI=1S/C17H17FN2O/c1-11(12-6-8-13(18)9-7-12)20-17(21)15-10-19-16-5-3-2-4-14(15)16/h2-9,11,15,19H,10H2,1H3,(H,20,21). The van der Waals surface area contributed by atoms with Gasteiger partial charge in [0.15, 0.2) is 0 Å². The first kappa shape index (κ1) is 13.6. The van der Waals surface area contributed by atoms with E-state index in [0.29, 0.717) is 6.54 Å². The summed E-state index contributed by atoms with van der Waals surface area (Å²) in [5.41, 5.74) is 2.94. The smallest absolute Gasteiger partial charge is 0.229 e. The molecule has 2 atom stereocenters. The highest BCUT2D eigenvalue weighted by Gasteiger charge is 2.28. The van der Waals surface area contributed by atoms with Crippen molar-refractivity contribution >= 4 is 11.6 Å². The lowest BCUT2D eigenvalue weighted by molar-refractivity contribution is -0.122. The molecule has 2 N–H and O–H groups in total. The first-order chi connectivity index (χ1) is 10.1. The molecule has 108 valence electrons. The molecule has 0 aliphatic carbocycles. The van der Waals surface area contributed by atoms with Crippen LogP contribution in [0, 0.1) is 5.82 Å². The Balaban J connectivity index is 1.71. The van der Waals surface area contributed by atoms with Crippen molar-refractivity contribution in [3.63, 3.8) is 0 Å². The van der Waals surface area contributed by atoms with Gasteiger partial charge < -0.3 is 10.6 Å². The summed E-state index contributed by atoms with van der Waals surface area (Å²) in [5.74, 6) is -0.459. The van der Waals surface area contributed by atoms with Gasteiger partial charge in [-0.2, -0.15) is 0 Å². The Morgan fingerprint density at radius 1 is 1.24 bits per heavy atom. The second-order valence-electron chi connectivity index (χ2n) is 5.30. The molecule has 0 bridgehead atoms. The van der Waals surface area contributed by atoms with E-state index in [-0.39, 0.29) is 23.7 Å². The van der Waals surface area contributed by atoms with Crippen LogP contribution >= 0.6 is 0 Å². The summed E-state index contributed by atoms with van der Waals surface area (Å²) in [4.78, 5) is 12.4. The third-order valence-corrected chi connectivity index (χ3v) is 3.88. The molecule has 2 unspecified atom stereocenters. The van der Waals surface area contributed by atoms with Gasteiger partial charge >= 0.3 is 0 Å². The molecule has 0 saturated heterocycles. The number of halogens is 1. The third kappa shape index (κ3) is 2.75. The van der Waals surface area contributed by atoms with Crippen molar-refractivity contribution in [1.82, 2.24) is 5.32 Å². The van der Waals surface area contributed by atoms with Crippen LogP contribution in [0.4, 0.5) is 10.1 Å². The molecule has 1 amide bonds. The van der Waals surface area contributed by atoms with Crippen LogP contribution in [0.1, 0.15) is 30.0 Å². The fourth-order valence-electron chi connectivity index (χ4n) is 2.67. The maximum absolute atomic E-state index is 12.9. The molecule has 0 spiro atoms. The lowest BCUT2D eigenvalue weighted by atomic mass is 9.99. The lowest BCUT2D eigenvalue weighted by Gasteiger charge is -2.17. The van der Waals surface area contributed by atoms with Gasteiger partial charge in [0.2, 0.25) is 5.91 Å². The molecule has 2 aromatic rings. The molecule has 1 aliphatic rings. The average Bonchev–Trinajstić information content (AvgIpc) is 2.92. The van der Waals surface area contributed by atoms with Gasteiger partial charge in [-0.25, -0.2) is 4.39 Å². The number of para-hydroxylation sites is 1. The third-order valence-electron chi connectivity index (χ3n) is 3.88. The number of hydrogen-bond acceptors (Lipinski definition) is 2. The number of fused-ring (bicyclic) bond motifs is 1. The van der Waals surface area contributed by atoms with Gasteiger partial charge in [-0.1, -0.05) is 30.3 Å². The Morgan fingerprint density at radius 2 is 1.95 bits per heavy atom. The Hall–Kier alpha value is -2.36. The quantitative estimate of drug-likeness (QED) is 0.908. The van der Waals surface area contributed by atoms with Gasteiger partial charge in [0, 0.05) is 12.2 Å². The monoisotopic (exact) mass is 284 g/mol. The molecule has 21 heavy (non-hydrogen) atoms. The highest BCUT2D eigenvalue weighted by molar-refractivity contribution is 5.88. The minimum atomic E-state index is -0.272. The van der Waals surface area contributed by atoms with Crippen molar-refractivity contribution in [3.8, 4) is 0 Å². The molecule has 0 fully saturated rings. The number of anilines is 1. The maximum atomic E-state index is 12.9. The molecule has 1 heterocycles. The maximum Gasteiger partial charge on any atom is 0.229 e. The van der Waals surface area contributed by atoms with Crippen molar-refractivity contribution in [3.05, 3.63) is 65.5 Å². The normalized spacial score (nSPS) is 17.7. The van der Waals surface area contributed by atoms with Crippen LogP contribution in [0.2, 0.25) is 0 Å². The van der Waals surface area contributed by atoms with Crippen molar-refractivity contribution < 1.29 is 9.18 Å². The van der Waals surface area contributed by atoms with Crippen LogP contribution in [0.25, 0.3) is 0 Å². The Kier molecular flexibility index (Phi) is 3.60. The SMILES string of the molecule is CC(NC(=O)C1CNc2ccccc21)c1ccc(F)cc1. The van der Waals surface area contributed by atoms with Crippen LogP contribution in [-0.4, -0.2) is 12.5 Å². The fraction of sp³-hybridized carbons (Fsp3) is 0.235. The van der Waals surface area contributed by atoms with E-state index in [9.17, 15) is 9.18 Å². The van der Waals surface area contributed by atoms with Crippen LogP contribution in [0.15, 0.2) is 48.5 Å². The topological polar surface area (TPSA) is 41.1 Å². The van der Waals surface area contributed by atoms with Gasteiger partial charge in [-0.05, 0) is 36.2 Å². The van der Waals surface area contributed by atoms with E-state index in [1.807, 2.05) is 31.2 Å². The summed E-state index contributed by atoms with van der Waals surface area (Å²) in [6, 6.07) is 13.9. The molecule has 3 rings (SSSR count). The van der Waals surface area contributed by atoms with Gasteiger partial charge in [0.05, 0.1) is 12.0 Å². The Bertz CT molecular complexity index is 654. The number of carbonyl (C=O) groups is 1. The van der Waals surface area contributed by atoms with Crippen LogP contribution < -0.4 is 10.6 Å². The minimum Gasteiger partial charge on any atom is -0.384 e. The van der Waals surface area contributed by atoms with E-state index in [1.165, 1.54) is 12.1 Å². The van der Waals surface area contributed by atoms with Crippen LogP contribution in [-0.2, 0) is 4.79 Å². The van der Waals surface area contributed by atoms with Crippen LogP contribution in [0.3, 0.4) is 0 Å². The average molecular weight is 284 g/mol. The first-order valence-corrected chi connectivity index (χ1v) is 7.04. The summed E-state index contributed by atoms with van der Waals surface area (Å²) >= 11 is 0. The summed E-state index contributed by atoms with van der Waals surface area (Å²) in [7, 11) is 0. The fourth-order valence-corrected chi connectivity index (χ4v) is 2.67. The van der Waals surface area contributed by atoms with Crippen molar-refractivity contribution in [2.45, 2.75) is 18.9 Å². The molecule has 0 radical (unpaired) electrons. The molecule has 3 nitrogen and oxygen atoms in total. The summed E-state index contributed by atoms with van der Waals surface area (Å²) in [6.45, 7) is 2.51. The van der Waals surface area contributed by atoms with E-state index in [4.69, 9.17) is 0 Å². The summed E-state index contributed by atoms with van der Waals surface area (Å²) < 4.78 is 12.9. The van der Waals surface area contributed by atoms with E-state index in [1.54, 1.807) is 12.1 Å². The molecule has 2 aromatic carbocycles. The van der Waals surface area contributed by atoms with Crippen LogP contribution in [0.5, 0.6) is 0 Å². The zero-order valence-corrected chi connectivity index (χ0v) is 11.8. The predicted molar refractivity (Wildman–Crippen MR) is 80.6 cm³/mol. The van der Waals surface area contributed by atoms with Crippen molar-refractivity contribution in [2.75, 3.05) is 11.9 Å². The van der Waals surface area contributed by atoms with Crippen molar-refractivity contribution in [1.29, 1.82) is 0 Å². The first-order valence-electron chi connectivity index (χ1n) is 7.04. The van der Waals surface area contributed by atoms with E-state index in [2.05, 4.69) is 10.6 Å². The molecule has 0 aromatic heterocycles. The summed E-state index contributed by atoms with van der Waals surface area (Å²) in [5, 5.41) is 6.24. The predicted octanol–water partition coefficient (Wildman–Crippen LogP) is 3.21. The van der Waals surface area contributed by atoms with E-state index >= 15 is 0 Å². The number of nitrogens with one attached hydrogen (secondary N) is 2. The van der Waals surface area contributed by atoms with Gasteiger partial charge in [0.1, 0.15) is 5.82 Å².